The summed E-state index contributed by atoms with van der Waals surface area (Å²) in [6, 6.07) is 0. The summed E-state index contributed by atoms with van der Waals surface area (Å²) in [5.41, 5.74) is 0. The van der Waals surface area contributed by atoms with Gasteiger partial charge in [-0.25, -0.2) is 0 Å². The van der Waals surface area contributed by atoms with Crippen molar-refractivity contribution in [3.63, 3.8) is 0 Å². The fourth-order valence-electron chi connectivity index (χ4n) is 1.35. The van der Waals surface area contributed by atoms with Crippen molar-refractivity contribution < 1.29 is 0 Å². The summed E-state index contributed by atoms with van der Waals surface area (Å²) in [5.74, 6) is 0. The second-order valence-electron chi connectivity index (χ2n) is 4.84. The number of rotatable bonds is 3. The van der Waals surface area contributed by atoms with Crippen molar-refractivity contribution in [2.75, 3.05) is 0 Å². The maximum absolute atomic E-state index is 4.65. The van der Waals surface area contributed by atoms with Gasteiger partial charge >= 0.3 is 0 Å². The molecule has 0 saturated heterocycles. The zero-order valence-corrected chi connectivity index (χ0v) is 11.6. The summed E-state index contributed by atoms with van der Waals surface area (Å²) in [7, 11) is -2.69. The van der Waals surface area contributed by atoms with E-state index in [0.29, 0.717) is 0 Å². The third kappa shape index (κ3) is 3.62. The molecule has 0 amide bonds. The molecule has 0 atom stereocenters. The molecule has 0 N–H and O–H groups in total. The highest BCUT2D eigenvalue weighted by Crippen LogP contribution is 2.19. The average Bonchev–Trinajstić information content (AvgIpc) is 1.77. The monoisotopic (exact) mass is 218 g/mol. The van der Waals surface area contributed by atoms with Crippen LogP contribution in [0.3, 0.4) is 0 Å². The lowest BCUT2D eigenvalue weighted by atomic mass is 11.7. The minimum absolute atomic E-state index is 1.34. The van der Waals surface area contributed by atoms with E-state index >= 15 is 0 Å². The first-order valence-electron chi connectivity index (χ1n) is 4.07. The number of nitrogens with zero attached hydrogens (tertiary/aromatic N) is 2. The highest BCUT2D eigenvalue weighted by Gasteiger charge is 2.33. The third-order valence-corrected chi connectivity index (χ3v) is 8.26. The van der Waals surface area contributed by atoms with Crippen LogP contribution in [0.1, 0.15) is 0 Å². The van der Waals surface area contributed by atoms with E-state index in [1.54, 1.807) is 0 Å². The van der Waals surface area contributed by atoms with Gasteiger partial charge in [-0.15, -0.1) is 5.10 Å². The molecule has 0 aromatic heterocycles. The minimum Gasteiger partial charge on any atom is -0.341 e. The van der Waals surface area contributed by atoms with Gasteiger partial charge in [0.15, 0.2) is 16.5 Å². The molecule has 0 spiro atoms. The zero-order chi connectivity index (χ0) is 9.99. The zero-order valence-electron chi connectivity index (χ0n) is 8.80. The Morgan fingerprint density at radius 1 is 1.00 bits per heavy atom. The predicted octanol–water partition coefficient (Wildman–Crippen LogP) is 2.98. The van der Waals surface area contributed by atoms with Gasteiger partial charge in [0, 0.05) is 0 Å². The van der Waals surface area contributed by atoms with E-state index in [4.69, 9.17) is 0 Å². The van der Waals surface area contributed by atoms with Crippen molar-refractivity contribution in [3.05, 3.63) is 0 Å². The van der Waals surface area contributed by atoms with E-state index in [0.717, 1.165) is 0 Å². The molecule has 0 rings (SSSR count). The predicted molar refractivity (Wildman–Crippen MR) is 63.6 cm³/mol. The largest absolute Gasteiger partial charge is 0.341 e. The Bertz CT molecular complexity index is 184. The van der Waals surface area contributed by atoms with Crippen LogP contribution in [0.5, 0.6) is 0 Å². The SMILES string of the molecule is C[Si](C)(C)N(N=C=S)[Si](C)(C)C. The highest BCUT2D eigenvalue weighted by molar-refractivity contribution is 7.78. The van der Waals surface area contributed by atoms with E-state index in [2.05, 4.69) is 66.1 Å². The van der Waals surface area contributed by atoms with E-state index in [-0.39, 0.29) is 0 Å². The summed E-state index contributed by atoms with van der Waals surface area (Å²) in [6.45, 7) is 13.7. The summed E-state index contributed by atoms with van der Waals surface area (Å²) in [6.07, 6.45) is 0. The van der Waals surface area contributed by atoms with Gasteiger partial charge in [-0.1, -0.05) is 39.3 Å². The van der Waals surface area contributed by atoms with Crippen LogP contribution >= 0.6 is 12.2 Å². The van der Waals surface area contributed by atoms with Gasteiger partial charge in [0.1, 0.15) is 0 Å². The fourth-order valence-corrected chi connectivity index (χ4v) is 10.3. The first-order valence-corrected chi connectivity index (χ1v) is 11.4. The Labute approximate surface area is 82.8 Å². The molecule has 12 heavy (non-hydrogen) atoms. The molecule has 0 radical (unpaired) electrons. The summed E-state index contributed by atoms with van der Waals surface area (Å²) in [4.78, 5) is 0. The third-order valence-electron chi connectivity index (χ3n) is 1.41. The molecule has 0 bridgehead atoms. The van der Waals surface area contributed by atoms with Crippen LogP contribution < -0.4 is 0 Å². The second kappa shape index (κ2) is 3.83. The molecule has 0 saturated carbocycles. The Morgan fingerprint density at radius 3 is 1.42 bits per heavy atom. The van der Waals surface area contributed by atoms with Crippen LogP contribution in [-0.4, -0.2) is 26.0 Å². The Balaban J connectivity index is 4.81. The van der Waals surface area contributed by atoms with Crippen LogP contribution in [0.15, 0.2) is 5.10 Å². The molecule has 0 aromatic rings. The Morgan fingerprint density at radius 2 is 1.33 bits per heavy atom. The number of hydrazone groups is 1. The van der Waals surface area contributed by atoms with Gasteiger partial charge in [0.25, 0.3) is 0 Å². The van der Waals surface area contributed by atoms with Crippen molar-refractivity contribution in [1.29, 1.82) is 0 Å². The Hall–Kier alpha value is 0.0338. The smallest absolute Gasteiger partial charge is 0.159 e. The molecule has 2 nitrogen and oxygen atoms in total. The van der Waals surface area contributed by atoms with E-state index in [1.165, 1.54) is 0 Å². The molecule has 0 aliphatic rings. The number of thiocarbonyl (C=S) groups is 1. The molecule has 0 aliphatic heterocycles. The number of hydrogen-bond donors (Lipinski definition) is 0. The summed E-state index contributed by atoms with van der Waals surface area (Å²) in [5, 5.41) is 6.67. The minimum atomic E-state index is -1.34. The van der Waals surface area contributed by atoms with Gasteiger partial charge in [0.05, 0.1) is 5.16 Å². The van der Waals surface area contributed by atoms with Crippen LogP contribution in [-0.2, 0) is 0 Å². The fraction of sp³-hybridized carbons (Fsp3) is 0.857. The van der Waals surface area contributed by atoms with E-state index in [1.807, 2.05) is 0 Å². The molecule has 0 unspecified atom stereocenters. The quantitative estimate of drug-likeness (QED) is 0.313. The average molecular weight is 218 g/mol. The molecule has 5 heteroatoms. The highest BCUT2D eigenvalue weighted by atomic mass is 32.1. The van der Waals surface area contributed by atoms with Crippen LogP contribution in [0.25, 0.3) is 0 Å². The van der Waals surface area contributed by atoms with Gasteiger partial charge in [-0.05, 0) is 12.2 Å². The Kier molecular flexibility index (Phi) is 3.84. The van der Waals surface area contributed by atoms with E-state index < -0.39 is 16.5 Å². The standard InChI is InChI=1S/C7H18N2SSi2/c1-11(2,3)9(8-7-10)12(4,5)6/h1-6H3. The summed E-state index contributed by atoms with van der Waals surface area (Å²) < 4.78 is 2.24. The maximum atomic E-state index is 4.65. The maximum Gasteiger partial charge on any atom is 0.159 e. The summed E-state index contributed by atoms with van der Waals surface area (Å²) >= 11 is 4.65. The molecule has 0 fully saturated rings. The van der Waals surface area contributed by atoms with Gasteiger partial charge in [-0.3, -0.25) is 0 Å². The lowest BCUT2D eigenvalue weighted by molar-refractivity contribution is 0.674. The second-order valence-corrected chi connectivity index (χ2v) is 15.0. The van der Waals surface area contributed by atoms with Crippen LogP contribution in [0.4, 0.5) is 0 Å². The van der Waals surface area contributed by atoms with Crippen molar-refractivity contribution >= 4 is 33.9 Å². The van der Waals surface area contributed by atoms with Crippen molar-refractivity contribution in [2.45, 2.75) is 39.3 Å². The van der Waals surface area contributed by atoms with Crippen molar-refractivity contribution in [3.8, 4) is 0 Å². The van der Waals surface area contributed by atoms with Crippen molar-refractivity contribution in [1.82, 2.24) is 4.34 Å². The normalized spacial score (nSPS) is 12.2. The first-order chi connectivity index (χ1) is 5.19. The molecule has 0 aliphatic carbocycles. The topological polar surface area (TPSA) is 15.6 Å². The molecule has 0 heterocycles. The number of isothiocyanates is 1. The lowest BCUT2D eigenvalue weighted by Gasteiger charge is -2.40. The molecule has 70 valence electrons. The molecular weight excluding hydrogens is 200 g/mol. The van der Waals surface area contributed by atoms with E-state index in [9.17, 15) is 0 Å². The van der Waals surface area contributed by atoms with Gasteiger partial charge < -0.3 is 4.34 Å². The number of hydrogen-bond acceptors (Lipinski definition) is 3. The van der Waals surface area contributed by atoms with Crippen LogP contribution in [0, 0.1) is 0 Å². The van der Waals surface area contributed by atoms with Gasteiger partial charge in [-0.2, -0.15) is 0 Å². The van der Waals surface area contributed by atoms with Gasteiger partial charge in [0.2, 0.25) is 0 Å². The molecular formula is C7H18N2SSi2. The first kappa shape index (κ1) is 12.0. The molecule has 0 aromatic carbocycles. The van der Waals surface area contributed by atoms with Crippen LogP contribution in [0.2, 0.25) is 39.3 Å². The lowest BCUT2D eigenvalue weighted by Crippen LogP contribution is -2.55. The van der Waals surface area contributed by atoms with Crippen molar-refractivity contribution in [2.24, 2.45) is 5.10 Å².